The zero-order chi connectivity index (χ0) is 16.1. The van der Waals surface area contributed by atoms with Gasteiger partial charge in [0.05, 0.1) is 12.6 Å². The molecule has 0 bridgehead atoms. The van der Waals surface area contributed by atoms with Gasteiger partial charge in [0, 0.05) is 11.9 Å². The van der Waals surface area contributed by atoms with Gasteiger partial charge in [-0.25, -0.2) is 4.39 Å². The maximum atomic E-state index is 13.7. The summed E-state index contributed by atoms with van der Waals surface area (Å²) in [5, 5.41) is 8.67. The Morgan fingerprint density at radius 2 is 2.00 bits per heavy atom. The van der Waals surface area contributed by atoms with Crippen LogP contribution in [-0.4, -0.2) is 13.0 Å². The second-order valence-electron chi connectivity index (χ2n) is 5.33. The first-order valence-corrected chi connectivity index (χ1v) is 8.15. The molecule has 126 valence electrons. The number of nitrogens with one attached hydrogen (secondary N) is 2. The van der Waals surface area contributed by atoms with Crippen LogP contribution >= 0.6 is 35.3 Å². The Morgan fingerprint density at radius 1 is 1.26 bits per heavy atom. The molecular formula is C17H23FIN3S. The molecule has 6 heteroatoms. The SMILES string of the molecule is CN=C(NCc1sccc1C)NC(C)c1ccc(C)c(F)c1.I. The second-order valence-corrected chi connectivity index (χ2v) is 6.33. The number of guanidine groups is 1. The highest BCUT2D eigenvalue weighted by Crippen LogP contribution is 2.17. The van der Waals surface area contributed by atoms with Crippen LogP contribution in [0.3, 0.4) is 0 Å². The minimum atomic E-state index is -0.177. The molecule has 0 saturated heterocycles. The minimum Gasteiger partial charge on any atom is -0.351 e. The first-order valence-electron chi connectivity index (χ1n) is 7.27. The third-order valence-corrected chi connectivity index (χ3v) is 4.68. The van der Waals surface area contributed by atoms with Gasteiger partial charge in [-0.3, -0.25) is 4.99 Å². The summed E-state index contributed by atoms with van der Waals surface area (Å²) >= 11 is 1.73. The van der Waals surface area contributed by atoms with Crippen LogP contribution in [0.15, 0.2) is 34.6 Å². The summed E-state index contributed by atoms with van der Waals surface area (Å²) in [4.78, 5) is 5.52. The molecule has 1 unspecified atom stereocenters. The van der Waals surface area contributed by atoms with Crippen molar-refractivity contribution in [2.75, 3.05) is 7.05 Å². The monoisotopic (exact) mass is 447 g/mol. The molecule has 0 amide bonds. The fourth-order valence-corrected chi connectivity index (χ4v) is 2.96. The van der Waals surface area contributed by atoms with Gasteiger partial charge in [0.1, 0.15) is 5.82 Å². The average molecular weight is 447 g/mol. The summed E-state index contributed by atoms with van der Waals surface area (Å²) in [6, 6.07) is 7.39. The number of hydrogen-bond donors (Lipinski definition) is 2. The highest BCUT2D eigenvalue weighted by atomic mass is 127. The maximum Gasteiger partial charge on any atom is 0.191 e. The van der Waals surface area contributed by atoms with Crippen LogP contribution in [-0.2, 0) is 6.54 Å². The van der Waals surface area contributed by atoms with Crippen LogP contribution in [0.2, 0.25) is 0 Å². The van der Waals surface area contributed by atoms with Crippen molar-refractivity contribution >= 4 is 41.3 Å². The summed E-state index contributed by atoms with van der Waals surface area (Å²) in [5.74, 6) is 0.532. The van der Waals surface area contributed by atoms with Crippen molar-refractivity contribution in [2.24, 2.45) is 4.99 Å². The van der Waals surface area contributed by atoms with Crippen molar-refractivity contribution in [3.8, 4) is 0 Å². The lowest BCUT2D eigenvalue weighted by Crippen LogP contribution is -2.38. The Bertz CT molecular complexity index is 670. The van der Waals surface area contributed by atoms with Crippen LogP contribution in [0.1, 0.15) is 34.5 Å². The number of nitrogens with zero attached hydrogens (tertiary/aromatic N) is 1. The average Bonchev–Trinajstić information content (AvgIpc) is 2.91. The molecule has 0 aliphatic rings. The molecule has 2 rings (SSSR count). The Labute approximate surface area is 158 Å². The number of halogens is 2. The van der Waals surface area contributed by atoms with Crippen molar-refractivity contribution in [2.45, 2.75) is 33.4 Å². The molecule has 1 heterocycles. The maximum absolute atomic E-state index is 13.7. The standard InChI is InChI=1S/C17H22FN3S.HI/c1-11-5-6-14(9-15(11)18)13(3)21-17(19-4)20-10-16-12(2)7-8-22-16;/h5-9,13H,10H2,1-4H3,(H2,19,20,21);1H. The zero-order valence-electron chi connectivity index (χ0n) is 13.8. The van der Waals surface area contributed by atoms with E-state index in [1.54, 1.807) is 37.4 Å². The van der Waals surface area contributed by atoms with Gasteiger partial charge in [-0.2, -0.15) is 0 Å². The van der Waals surface area contributed by atoms with E-state index < -0.39 is 0 Å². The fraction of sp³-hybridized carbons (Fsp3) is 0.353. The molecule has 2 N–H and O–H groups in total. The Balaban J connectivity index is 0.00000264. The quantitative estimate of drug-likeness (QED) is 0.410. The molecule has 0 saturated carbocycles. The summed E-state index contributed by atoms with van der Waals surface area (Å²) < 4.78 is 13.7. The number of thiophene rings is 1. The van der Waals surface area contributed by atoms with Crippen molar-refractivity contribution in [3.63, 3.8) is 0 Å². The number of hydrogen-bond acceptors (Lipinski definition) is 2. The normalized spacial score (nSPS) is 12.5. The highest BCUT2D eigenvalue weighted by molar-refractivity contribution is 14.0. The van der Waals surface area contributed by atoms with Crippen LogP contribution in [0, 0.1) is 19.7 Å². The highest BCUT2D eigenvalue weighted by Gasteiger charge is 2.10. The first-order chi connectivity index (χ1) is 10.5. The van der Waals surface area contributed by atoms with E-state index in [0.717, 1.165) is 12.1 Å². The van der Waals surface area contributed by atoms with Crippen molar-refractivity contribution < 1.29 is 4.39 Å². The van der Waals surface area contributed by atoms with E-state index in [1.807, 2.05) is 13.0 Å². The third-order valence-electron chi connectivity index (χ3n) is 3.66. The summed E-state index contributed by atoms with van der Waals surface area (Å²) in [6.45, 7) is 6.59. The Morgan fingerprint density at radius 3 is 2.57 bits per heavy atom. The van der Waals surface area contributed by atoms with Crippen LogP contribution in [0.4, 0.5) is 4.39 Å². The lowest BCUT2D eigenvalue weighted by atomic mass is 10.1. The van der Waals surface area contributed by atoms with E-state index in [-0.39, 0.29) is 35.8 Å². The van der Waals surface area contributed by atoms with E-state index in [1.165, 1.54) is 10.4 Å². The molecule has 23 heavy (non-hydrogen) atoms. The van der Waals surface area contributed by atoms with E-state index in [2.05, 4.69) is 34.0 Å². The van der Waals surface area contributed by atoms with Gasteiger partial charge in [0.25, 0.3) is 0 Å². The topological polar surface area (TPSA) is 36.4 Å². The molecule has 3 nitrogen and oxygen atoms in total. The number of aliphatic imine (C=N–C) groups is 1. The van der Waals surface area contributed by atoms with Gasteiger partial charge >= 0.3 is 0 Å². The molecule has 0 radical (unpaired) electrons. The third kappa shape index (κ3) is 5.46. The summed E-state index contributed by atoms with van der Waals surface area (Å²) in [6.07, 6.45) is 0. The zero-order valence-corrected chi connectivity index (χ0v) is 17.0. The van der Waals surface area contributed by atoms with Gasteiger partial charge in [-0.1, -0.05) is 12.1 Å². The number of rotatable bonds is 4. The predicted octanol–water partition coefficient (Wildman–Crippen LogP) is 4.55. The van der Waals surface area contributed by atoms with E-state index in [9.17, 15) is 4.39 Å². The van der Waals surface area contributed by atoms with Gasteiger partial charge in [0.2, 0.25) is 0 Å². The second kappa shape index (κ2) is 9.22. The molecule has 2 aromatic rings. The smallest absolute Gasteiger partial charge is 0.191 e. The van der Waals surface area contributed by atoms with E-state index in [4.69, 9.17) is 0 Å². The van der Waals surface area contributed by atoms with E-state index >= 15 is 0 Å². The van der Waals surface area contributed by atoms with E-state index in [0.29, 0.717) is 11.5 Å². The molecule has 0 aliphatic carbocycles. The summed E-state index contributed by atoms with van der Waals surface area (Å²) in [5.41, 5.74) is 2.84. The number of aryl methyl sites for hydroxylation is 2. The first kappa shape index (κ1) is 19.9. The van der Waals surface area contributed by atoms with Gasteiger partial charge in [-0.05, 0) is 55.0 Å². The van der Waals surface area contributed by atoms with Gasteiger partial charge in [-0.15, -0.1) is 35.3 Å². The fourth-order valence-electron chi connectivity index (χ4n) is 2.11. The molecule has 1 atom stereocenters. The summed E-state index contributed by atoms with van der Waals surface area (Å²) in [7, 11) is 1.74. The van der Waals surface area contributed by atoms with Gasteiger partial charge in [0.15, 0.2) is 5.96 Å². The molecule has 1 aromatic heterocycles. The van der Waals surface area contributed by atoms with Crippen LogP contribution < -0.4 is 10.6 Å². The van der Waals surface area contributed by atoms with Crippen LogP contribution in [0.25, 0.3) is 0 Å². The van der Waals surface area contributed by atoms with Crippen molar-refractivity contribution in [3.05, 3.63) is 57.0 Å². The molecule has 1 aromatic carbocycles. The Kier molecular flexibility index (Phi) is 7.98. The van der Waals surface area contributed by atoms with Crippen molar-refractivity contribution in [1.29, 1.82) is 0 Å². The lowest BCUT2D eigenvalue weighted by Gasteiger charge is -2.18. The molecule has 0 spiro atoms. The van der Waals surface area contributed by atoms with Crippen molar-refractivity contribution in [1.82, 2.24) is 10.6 Å². The molecule has 0 fully saturated rings. The van der Waals surface area contributed by atoms with Gasteiger partial charge < -0.3 is 10.6 Å². The van der Waals surface area contributed by atoms with Crippen LogP contribution in [0.5, 0.6) is 0 Å². The largest absolute Gasteiger partial charge is 0.351 e. The molecular weight excluding hydrogens is 424 g/mol. The lowest BCUT2D eigenvalue weighted by molar-refractivity contribution is 0.607. The Hall–Kier alpha value is -1.15. The number of benzene rings is 1. The predicted molar refractivity (Wildman–Crippen MR) is 107 cm³/mol. The minimum absolute atomic E-state index is 0. The molecule has 0 aliphatic heterocycles.